The predicted molar refractivity (Wildman–Crippen MR) is 81.7 cm³/mol. The van der Waals surface area contributed by atoms with Crippen LogP contribution in [-0.4, -0.2) is 9.67 Å². The molecule has 5 heteroatoms. The highest BCUT2D eigenvalue weighted by atomic mass is 35.5. The molecule has 0 amide bonds. The predicted octanol–water partition coefficient (Wildman–Crippen LogP) is 3.18. The molecular formula is C16H14ClNO3. The van der Waals surface area contributed by atoms with Crippen LogP contribution in [0.1, 0.15) is 22.8 Å². The van der Waals surface area contributed by atoms with E-state index >= 15 is 0 Å². The number of hydrogen-bond donors (Lipinski definition) is 1. The Morgan fingerprint density at radius 1 is 1.19 bits per heavy atom. The number of benzene rings is 2. The molecule has 0 bridgehead atoms. The highest BCUT2D eigenvalue weighted by molar-refractivity contribution is 6.30. The Balaban J connectivity index is 2.08. The first-order valence-corrected chi connectivity index (χ1v) is 6.88. The first-order valence-electron chi connectivity index (χ1n) is 6.50. The van der Waals surface area contributed by atoms with Crippen LogP contribution in [0.25, 0.3) is 11.1 Å². The summed E-state index contributed by atoms with van der Waals surface area (Å²) in [5.74, 6) is -0.421. The molecule has 21 heavy (non-hydrogen) atoms. The van der Waals surface area contributed by atoms with E-state index in [1.165, 1.54) is 4.57 Å². The summed E-state index contributed by atoms with van der Waals surface area (Å²) in [6.07, 6.45) is -0.822. The number of halogens is 1. The molecule has 0 aliphatic carbocycles. The van der Waals surface area contributed by atoms with Gasteiger partial charge < -0.3 is 9.52 Å². The van der Waals surface area contributed by atoms with E-state index in [0.717, 1.165) is 5.56 Å². The van der Waals surface area contributed by atoms with Gasteiger partial charge in [-0.15, -0.1) is 0 Å². The van der Waals surface area contributed by atoms with E-state index in [4.69, 9.17) is 16.0 Å². The molecule has 0 spiro atoms. The van der Waals surface area contributed by atoms with Crippen LogP contribution in [0.4, 0.5) is 0 Å². The van der Waals surface area contributed by atoms with Crippen molar-refractivity contribution in [2.45, 2.75) is 13.0 Å². The molecule has 0 aliphatic heterocycles. The quantitative estimate of drug-likeness (QED) is 0.791. The summed E-state index contributed by atoms with van der Waals surface area (Å²) in [5.41, 5.74) is 3.48. The van der Waals surface area contributed by atoms with Gasteiger partial charge in [0.25, 0.3) is 0 Å². The lowest BCUT2D eigenvalue weighted by molar-refractivity contribution is 0.220. The Labute approximate surface area is 126 Å². The third-order valence-corrected chi connectivity index (χ3v) is 3.73. The normalized spacial score (nSPS) is 12.8. The Morgan fingerprint density at radius 3 is 2.67 bits per heavy atom. The molecule has 4 nitrogen and oxygen atoms in total. The standard InChI is InChI=1S/C16H14ClNO3/c1-9-5-11(7-12(17)6-9)15(19)10-3-4-13-14(8-10)21-16(20)18(13)2/h3-8,15,19H,1-2H3. The van der Waals surface area contributed by atoms with Crippen LogP contribution in [0.3, 0.4) is 0 Å². The number of fused-ring (bicyclic) bond motifs is 1. The summed E-state index contributed by atoms with van der Waals surface area (Å²) in [5, 5.41) is 11.1. The molecule has 0 radical (unpaired) electrons. The minimum atomic E-state index is -0.822. The van der Waals surface area contributed by atoms with Crippen molar-refractivity contribution in [2.24, 2.45) is 7.05 Å². The third kappa shape index (κ3) is 2.48. The molecule has 3 rings (SSSR count). The number of aliphatic hydroxyl groups excluding tert-OH is 1. The van der Waals surface area contributed by atoms with Crippen molar-refractivity contribution >= 4 is 22.7 Å². The van der Waals surface area contributed by atoms with Gasteiger partial charge in [0.15, 0.2) is 5.58 Å². The number of nitrogens with zero attached hydrogens (tertiary/aromatic N) is 1. The van der Waals surface area contributed by atoms with E-state index in [0.29, 0.717) is 27.2 Å². The molecule has 1 atom stereocenters. The van der Waals surface area contributed by atoms with Crippen LogP contribution in [-0.2, 0) is 7.05 Å². The van der Waals surface area contributed by atoms with Gasteiger partial charge in [0.2, 0.25) is 0 Å². The van der Waals surface area contributed by atoms with Crippen molar-refractivity contribution in [2.75, 3.05) is 0 Å². The fourth-order valence-corrected chi connectivity index (χ4v) is 2.73. The van der Waals surface area contributed by atoms with E-state index in [-0.39, 0.29) is 0 Å². The number of oxazole rings is 1. The van der Waals surface area contributed by atoms with Gasteiger partial charge in [0.05, 0.1) is 5.52 Å². The Bertz CT molecular complexity index is 859. The second-order valence-corrected chi connectivity index (χ2v) is 5.56. The van der Waals surface area contributed by atoms with Gasteiger partial charge in [-0.05, 0) is 47.9 Å². The molecule has 2 aromatic carbocycles. The highest BCUT2D eigenvalue weighted by Gasteiger charge is 2.14. The van der Waals surface area contributed by atoms with Gasteiger partial charge in [-0.1, -0.05) is 23.7 Å². The molecule has 1 heterocycles. The average molecular weight is 304 g/mol. The Morgan fingerprint density at radius 2 is 1.95 bits per heavy atom. The molecule has 1 unspecified atom stereocenters. The first kappa shape index (κ1) is 13.9. The molecule has 1 aromatic heterocycles. The van der Waals surface area contributed by atoms with Gasteiger partial charge >= 0.3 is 5.76 Å². The first-order chi connectivity index (χ1) is 9.95. The van der Waals surface area contributed by atoms with Crippen LogP contribution in [0, 0.1) is 6.92 Å². The van der Waals surface area contributed by atoms with E-state index in [9.17, 15) is 9.90 Å². The minimum Gasteiger partial charge on any atom is -0.408 e. The van der Waals surface area contributed by atoms with Crippen LogP contribution in [0.2, 0.25) is 5.02 Å². The van der Waals surface area contributed by atoms with Crippen LogP contribution >= 0.6 is 11.6 Å². The zero-order valence-corrected chi connectivity index (χ0v) is 12.4. The van der Waals surface area contributed by atoms with Crippen molar-refractivity contribution in [3.8, 4) is 0 Å². The molecule has 0 saturated carbocycles. The summed E-state index contributed by atoms with van der Waals surface area (Å²) in [6.45, 7) is 1.92. The fraction of sp³-hybridized carbons (Fsp3) is 0.188. The summed E-state index contributed by atoms with van der Waals surface area (Å²) in [6, 6.07) is 10.6. The number of aliphatic hydroxyl groups is 1. The summed E-state index contributed by atoms with van der Waals surface area (Å²) < 4.78 is 6.57. The number of aromatic nitrogens is 1. The van der Waals surface area contributed by atoms with Crippen LogP contribution in [0.5, 0.6) is 0 Å². The van der Waals surface area contributed by atoms with Gasteiger partial charge in [0.1, 0.15) is 6.10 Å². The largest absolute Gasteiger partial charge is 0.419 e. The molecule has 3 aromatic rings. The second-order valence-electron chi connectivity index (χ2n) is 5.12. The molecular weight excluding hydrogens is 290 g/mol. The lowest BCUT2D eigenvalue weighted by Gasteiger charge is -2.12. The van der Waals surface area contributed by atoms with E-state index in [1.54, 1.807) is 31.3 Å². The minimum absolute atomic E-state index is 0.421. The van der Waals surface area contributed by atoms with Crippen molar-refractivity contribution in [3.63, 3.8) is 0 Å². The average Bonchev–Trinajstić information content (AvgIpc) is 2.71. The molecule has 108 valence electrons. The maximum atomic E-state index is 11.5. The van der Waals surface area contributed by atoms with Crippen molar-refractivity contribution < 1.29 is 9.52 Å². The number of aryl methyl sites for hydroxylation is 2. The maximum Gasteiger partial charge on any atom is 0.419 e. The van der Waals surface area contributed by atoms with E-state index < -0.39 is 11.9 Å². The van der Waals surface area contributed by atoms with Crippen molar-refractivity contribution in [1.82, 2.24) is 4.57 Å². The monoisotopic (exact) mass is 303 g/mol. The van der Waals surface area contributed by atoms with Crippen molar-refractivity contribution in [1.29, 1.82) is 0 Å². The Kier molecular flexibility index (Phi) is 3.35. The smallest absolute Gasteiger partial charge is 0.408 e. The van der Waals surface area contributed by atoms with Gasteiger partial charge in [-0.25, -0.2) is 4.79 Å². The Hall–Kier alpha value is -2.04. The fourth-order valence-electron chi connectivity index (χ4n) is 2.44. The lowest BCUT2D eigenvalue weighted by atomic mass is 10.00. The highest BCUT2D eigenvalue weighted by Crippen LogP contribution is 2.27. The van der Waals surface area contributed by atoms with E-state index in [1.807, 2.05) is 19.1 Å². The number of rotatable bonds is 2. The molecule has 0 fully saturated rings. The summed E-state index contributed by atoms with van der Waals surface area (Å²) >= 11 is 6.03. The molecule has 0 saturated heterocycles. The van der Waals surface area contributed by atoms with Crippen LogP contribution in [0.15, 0.2) is 45.6 Å². The van der Waals surface area contributed by atoms with Crippen LogP contribution < -0.4 is 5.76 Å². The van der Waals surface area contributed by atoms with Gasteiger partial charge in [-0.3, -0.25) is 4.57 Å². The van der Waals surface area contributed by atoms with Gasteiger partial charge in [0, 0.05) is 12.1 Å². The molecule has 0 aliphatic rings. The SMILES string of the molecule is Cc1cc(Cl)cc(C(O)c2ccc3c(c2)oc(=O)n3C)c1. The topological polar surface area (TPSA) is 55.4 Å². The zero-order valence-electron chi connectivity index (χ0n) is 11.6. The zero-order chi connectivity index (χ0) is 15.1. The maximum absolute atomic E-state index is 11.5. The third-order valence-electron chi connectivity index (χ3n) is 3.51. The summed E-state index contributed by atoms with van der Waals surface area (Å²) in [7, 11) is 1.64. The number of hydrogen-bond acceptors (Lipinski definition) is 3. The second kappa shape index (κ2) is 5.06. The van der Waals surface area contributed by atoms with Crippen molar-refractivity contribution in [3.05, 3.63) is 68.7 Å². The lowest BCUT2D eigenvalue weighted by Crippen LogP contribution is -2.08. The van der Waals surface area contributed by atoms with E-state index in [2.05, 4.69) is 0 Å². The van der Waals surface area contributed by atoms with Gasteiger partial charge in [-0.2, -0.15) is 0 Å². The molecule has 1 N–H and O–H groups in total. The summed E-state index contributed by atoms with van der Waals surface area (Å²) in [4.78, 5) is 11.5.